The molecule has 0 aromatic carbocycles. The van der Waals surface area contributed by atoms with Gasteiger partial charge >= 0.3 is 0 Å². The third-order valence-electron chi connectivity index (χ3n) is 1.63. The van der Waals surface area contributed by atoms with Gasteiger partial charge in [-0.25, -0.2) is 0 Å². The number of rotatable bonds is 0. The number of aryl methyl sites for hydroxylation is 1. The van der Waals surface area contributed by atoms with Crippen molar-refractivity contribution in [3.63, 3.8) is 0 Å². The Balaban J connectivity index is 3.28. The third-order valence-corrected chi connectivity index (χ3v) is 3.13. The van der Waals surface area contributed by atoms with Gasteiger partial charge < -0.3 is 0 Å². The summed E-state index contributed by atoms with van der Waals surface area (Å²) in [5.74, 6) is 0. The minimum absolute atomic E-state index is 0.000856. The monoisotopic (exact) mass is 250 g/mol. The van der Waals surface area contributed by atoms with Gasteiger partial charge in [-0.1, -0.05) is 32.4 Å². The second-order valence-electron chi connectivity index (χ2n) is 3.83. The summed E-state index contributed by atoms with van der Waals surface area (Å²) in [5, 5.41) is 5.03. The lowest BCUT2D eigenvalue weighted by atomic mass is 9.93. The van der Waals surface area contributed by atoms with Crippen molar-refractivity contribution in [1.82, 2.24) is 9.78 Å². The molecule has 0 bridgehead atoms. The molecule has 1 aromatic rings. The van der Waals surface area contributed by atoms with Gasteiger partial charge in [-0.3, -0.25) is 4.68 Å². The van der Waals surface area contributed by atoms with Crippen LogP contribution in [0.2, 0.25) is 5.02 Å². The van der Waals surface area contributed by atoms with Crippen LogP contribution >= 0.6 is 27.5 Å². The van der Waals surface area contributed by atoms with E-state index in [1.165, 1.54) is 0 Å². The first kappa shape index (κ1) is 10.1. The predicted octanol–water partition coefficient (Wildman–Crippen LogP) is 3.13. The van der Waals surface area contributed by atoms with Crippen LogP contribution < -0.4 is 0 Å². The lowest BCUT2D eigenvalue weighted by Gasteiger charge is -2.14. The van der Waals surface area contributed by atoms with E-state index in [4.69, 9.17) is 11.6 Å². The maximum Gasteiger partial charge on any atom is 0.122 e. The second-order valence-corrected chi connectivity index (χ2v) is 4.96. The fourth-order valence-corrected chi connectivity index (χ4v) is 1.67. The largest absolute Gasteiger partial charge is 0.260 e. The zero-order valence-corrected chi connectivity index (χ0v) is 9.99. The zero-order valence-electron chi connectivity index (χ0n) is 7.65. The molecular weight excluding hydrogens is 239 g/mol. The highest BCUT2D eigenvalue weighted by molar-refractivity contribution is 9.10. The Morgan fingerprint density at radius 2 is 1.92 bits per heavy atom. The van der Waals surface area contributed by atoms with Crippen LogP contribution in [0.3, 0.4) is 0 Å². The Labute approximate surface area is 86.0 Å². The van der Waals surface area contributed by atoms with Gasteiger partial charge in [0.2, 0.25) is 0 Å². The Morgan fingerprint density at radius 3 is 2.08 bits per heavy atom. The van der Waals surface area contributed by atoms with Gasteiger partial charge in [-0.2, -0.15) is 5.10 Å². The molecule has 0 radical (unpaired) electrons. The molecule has 0 spiro atoms. The molecule has 0 atom stereocenters. The maximum atomic E-state index is 6.07. The predicted molar refractivity (Wildman–Crippen MR) is 54.6 cm³/mol. The van der Waals surface area contributed by atoms with Crippen LogP contribution in [0.4, 0.5) is 0 Å². The number of aromatic nitrogens is 2. The van der Waals surface area contributed by atoms with Gasteiger partial charge in [0.1, 0.15) is 4.60 Å². The van der Waals surface area contributed by atoms with Crippen LogP contribution in [0, 0.1) is 0 Å². The third kappa shape index (κ3) is 1.67. The van der Waals surface area contributed by atoms with Crippen LogP contribution in [-0.2, 0) is 12.5 Å². The summed E-state index contributed by atoms with van der Waals surface area (Å²) in [5.41, 5.74) is 0.930. The molecule has 0 saturated heterocycles. The molecule has 0 aliphatic carbocycles. The van der Waals surface area contributed by atoms with Crippen molar-refractivity contribution in [3.8, 4) is 0 Å². The van der Waals surface area contributed by atoms with Crippen LogP contribution in [0.1, 0.15) is 26.5 Å². The molecule has 0 saturated carbocycles. The molecular formula is C8H12BrClN2. The molecule has 12 heavy (non-hydrogen) atoms. The molecule has 0 aliphatic heterocycles. The average molecular weight is 252 g/mol. The molecule has 4 heteroatoms. The van der Waals surface area contributed by atoms with Crippen LogP contribution in [0.25, 0.3) is 0 Å². The lowest BCUT2D eigenvalue weighted by Crippen LogP contribution is -2.12. The molecule has 0 amide bonds. The van der Waals surface area contributed by atoms with Gasteiger partial charge in [-0.15, -0.1) is 0 Å². The van der Waals surface area contributed by atoms with Crippen LogP contribution in [-0.4, -0.2) is 9.78 Å². The minimum Gasteiger partial charge on any atom is -0.260 e. The topological polar surface area (TPSA) is 17.8 Å². The molecule has 0 N–H and O–H groups in total. The van der Waals surface area contributed by atoms with Crippen molar-refractivity contribution in [3.05, 3.63) is 15.3 Å². The first-order valence-electron chi connectivity index (χ1n) is 3.72. The minimum atomic E-state index is 0.000856. The van der Waals surface area contributed by atoms with Crippen LogP contribution in [0.15, 0.2) is 4.60 Å². The summed E-state index contributed by atoms with van der Waals surface area (Å²) in [6, 6.07) is 0. The lowest BCUT2D eigenvalue weighted by molar-refractivity contribution is 0.552. The Hall–Kier alpha value is -0.0200. The van der Waals surface area contributed by atoms with E-state index in [9.17, 15) is 0 Å². The van der Waals surface area contributed by atoms with Crippen molar-refractivity contribution in [2.75, 3.05) is 0 Å². The first-order valence-corrected chi connectivity index (χ1v) is 4.89. The van der Waals surface area contributed by atoms with Crippen molar-refractivity contribution in [1.29, 1.82) is 0 Å². The number of nitrogens with zero attached hydrogens (tertiary/aromatic N) is 2. The fourth-order valence-electron chi connectivity index (χ4n) is 0.957. The molecule has 0 unspecified atom stereocenters. The molecule has 0 fully saturated rings. The smallest absolute Gasteiger partial charge is 0.122 e. The quantitative estimate of drug-likeness (QED) is 0.693. The average Bonchev–Trinajstić information content (AvgIpc) is 2.15. The van der Waals surface area contributed by atoms with Gasteiger partial charge in [0.25, 0.3) is 0 Å². The van der Waals surface area contributed by atoms with Crippen molar-refractivity contribution in [2.45, 2.75) is 26.2 Å². The van der Waals surface area contributed by atoms with Gasteiger partial charge in [0.05, 0.1) is 10.7 Å². The van der Waals surface area contributed by atoms with Gasteiger partial charge in [0, 0.05) is 12.5 Å². The SMILES string of the molecule is Cn1nc(C(C)(C)C)c(Cl)c1Br. The van der Waals surface area contributed by atoms with Crippen LogP contribution in [0.5, 0.6) is 0 Å². The molecule has 2 nitrogen and oxygen atoms in total. The summed E-state index contributed by atoms with van der Waals surface area (Å²) in [6.45, 7) is 6.27. The zero-order chi connectivity index (χ0) is 9.52. The fraction of sp³-hybridized carbons (Fsp3) is 0.625. The summed E-state index contributed by atoms with van der Waals surface area (Å²) >= 11 is 9.43. The van der Waals surface area contributed by atoms with E-state index < -0.39 is 0 Å². The van der Waals surface area contributed by atoms with E-state index in [0.29, 0.717) is 5.02 Å². The molecule has 1 rings (SSSR count). The standard InChI is InChI=1S/C8H12BrClN2/c1-8(2,3)6-5(10)7(9)12(4)11-6/h1-4H3. The summed E-state index contributed by atoms with van der Waals surface area (Å²) in [4.78, 5) is 0. The number of hydrogen-bond donors (Lipinski definition) is 0. The second kappa shape index (κ2) is 3.04. The van der Waals surface area contributed by atoms with Crippen molar-refractivity contribution in [2.24, 2.45) is 7.05 Å². The Bertz CT molecular complexity index is 299. The summed E-state index contributed by atoms with van der Waals surface area (Å²) in [7, 11) is 1.87. The molecule has 1 heterocycles. The van der Waals surface area contributed by atoms with E-state index in [-0.39, 0.29) is 5.41 Å². The van der Waals surface area contributed by atoms with E-state index in [2.05, 4.69) is 41.8 Å². The highest BCUT2D eigenvalue weighted by Gasteiger charge is 2.23. The van der Waals surface area contributed by atoms with E-state index >= 15 is 0 Å². The van der Waals surface area contributed by atoms with Crippen molar-refractivity contribution < 1.29 is 0 Å². The summed E-state index contributed by atoms with van der Waals surface area (Å²) < 4.78 is 2.58. The maximum absolute atomic E-state index is 6.07. The highest BCUT2D eigenvalue weighted by atomic mass is 79.9. The number of halogens is 2. The normalized spacial score (nSPS) is 12.2. The van der Waals surface area contributed by atoms with Crippen molar-refractivity contribution >= 4 is 27.5 Å². The Morgan fingerprint density at radius 1 is 1.42 bits per heavy atom. The molecule has 0 aliphatic rings. The first-order chi connectivity index (χ1) is 5.34. The Kier molecular flexibility index (Phi) is 2.55. The molecule has 68 valence electrons. The molecule has 1 aromatic heterocycles. The summed E-state index contributed by atoms with van der Waals surface area (Å²) in [6.07, 6.45) is 0. The van der Waals surface area contributed by atoms with Gasteiger partial charge in [-0.05, 0) is 15.9 Å². The highest BCUT2D eigenvalue weighted by Crippen LogP contribution is 2.33. The number of hydrogen-bond acceptors (Lipinski definition) is 1. The van der Waals surface area contributed by atoms with E-state index in [0.717, 1.165) is 10.3 Å². The van der Waals surface area contributed by atoms with E-state index in [1.54, 1.807) is 4.68 Å². The van der Waals surface area contributed by atoms with E-state index in [1.807, 2.05) is 7.05 Å². The van der Waals surface area contributed by atoms with Gasteiger partial charge in [0.15, 0.2) is 0 Å².